The summed E-state index contributed by atoms with van der Waals surface area (Å²) in [5.41, 5.74) is 0. The minimum Gasteiger partial charge on any atom is -0.254 e. The van der Waals surface area contributed by atoms with Crippen molar-refractivity contribution in [3.05, 3.63) is 17.5 Å². The molecule has 0 atom stereocenters. The first-order valence-corrected chi connectivity index (χ1v) is 6.57. The van der Waals surface area contributed by atoms with Gasteiger partial charge in [0, 0.05) is 19.3 Å². The van der Waals surface area contributed by atoms with E-state index < -0.39 is 10.2 Å². The molecule has 1 aromatic heterocycles. The van der Waals surface area contributed by atoms with Gasteiger partial charge in [0.25, 0.3) is 0 Å². The lowest BCUT2D eigenvalue weighted by atomic mass is 10.6. The van der Waals surface area contributed by atoms with Gasteiger partial charge < -0.3 is 0 Å². The van der Waals surface area contributed by atoms with Crippen molar-refractivity contribution in [3.8, 4) is 0 Å². The first-order valence-electron chi connectivity index (χ1n) is 4.76. The summed E-state index contributed by atoms with van der Waals surface area (Å²) in [4.78, 5) is 7.41. The Morgan fingerprint density at radius 1 is 1.44 bits per heavy atom. The van der Waals surface area contributed by atoms with Gasteiger partial charge in [-0.3, -0.25) is 4.72 Å². The molecule has 1 heterocycles. The molecule has 8 heteroatoms. The van der Waals surface area contributed by atoms with E-state index in [0.29, 0.717) is 13.1 Å². The van der Waals surface area contributed by atoms with Gasteiger partial charge in [0.1, 0.15) is 5.82 Å². The number of rotatable bonds is 5. The van der Waals surface area contributed by atoms with Crippen LogP contribution in [0, 0.1) is 0 Å². The van der Waals surface area contributed by atoms with E-state index in [2.05, 4.69) is 14.7 Å². The zero-order valence-electron chi connectivity index (χ0n) is 9.01. The molecule has 1 N–H and O–H groups in total. The number of aromatic nitrogens is 2. The van der Waals surface area contributed by atoms with Crippen molar-refractivity contribution >= 4 is 27.6 Å². The third kappa shape index (κ3) is 3.29. The van der Waals surface area contributed by atoms with E-state index in [0.717, 1.165) is 0 Å². The van der Waals surface area contributed by atoms with Crippen molar-refractivity contribution in [2.75, 3.05) is 17.8 Å². The van der Waals surface area contributed by atoms with Gasteiger partial charge in [0.05, 0.1) is 0 Å². The molecule has 0 aliphatic heterocycles. The van der Waals surface area contributed by atoms with E-state index in [1.165, 1.54) is 16.6 Å². The lowest BCUT2D eigenvalue weighted by Crippen LogP contribution is -2.35. The Bertz CT molecular complexity index is 447. The predicted octanol–water partition coefficient (Wildman–Crippen LogP) is 1.13. The standard InChI is InChI=1S/C8H13ClN4O2S/c1-3-13(4-2)16(14,15)12-7-5-6-10-8(9)11-7/h5-6H,3-4H2,1-2H3,(H,10,11,12). The molecule has 0 saturated heterocycles. The van der Waals surface area contributed by atoms with Gasteiger partial charge in [-0.1, -0.05) is 13.8 Å². The molecule has 0 aliphatic rings. The van der Waals surface area contributed by atoms with Crippen LogP contribution in [0.5, 0.6) is 0 Å². The van der Waals surface area contributed by atoms with Crippen LogP contribution in [0.25, 0.3) is 0 Å². The monoisotopic (exact) mass is 264 g/mol. The number of hydrogen-bond acceptors (Lipinski definition) is 4. The fraction of sp³-hybridized carbons (Fsp3) is 0.500. The molecule has 0 spiro atoms. The van der Waals surface area contributed by atoms with Crippen LogP contribution in [-0.2, 0) is 10.2 Å². The minimum atomic E-state index is -3.56. The Morgan fingerprint density at radius 3 is 2.56 bits per heavy atom. The number of halogens is 1. The Hall–Kier alpha value is -0.920. The Labute approximate surface area is 99.8 Å². The van der Waals surface area contributed by atoms with Gasteiger partial charge in [0.2, 0.25) is 5.28 Å². The maximum atomic E-state index is 11.8. The van der Waals surface area contributed by atoms with Crippen molar-refractivity contribution in [3.63, 3.8) is 0 Å². The van der Waals surface area contributed by atoms with Gasteiger partial charge in [-0.2, -0.15) is 17.7 Å². The maximum absolute atomic E-state index is 11.8. The molecule has 0 bridgehead atoms. The average molecular weight is 265 g/mol. The van der Waals surface area contributed by atoms with E-state index in [4.69, 9.17) is 11.6 Å². The minimum absolute atomic E-state index is 0.000234. The van der Waals surface area contributed by atoms with Crippen LogP contribution < -0.4 is 4.72 Å². The van der Waals surface area contributed by atoms with Crippen LogP contribution in [0.3, 0.4) is 0 Å². The van der Waals surface area contributed by atoms with Gasteiger partial charge in [-0.25, -0.2) is 4.98 Å². The lowest BCUT2D eigenvalue weighted by molar-refractivity contribution is 0.449. The molecule has 0 radical (unpaired) electrons. The molecule has 16 heavy (non-hydrogen) atoms. The second kappa shape index (κ2) is 5.42. The van der Waals surface area contributed by atoms with Crippen LogP contribution in [0.2, 0.25) is 5.28 Å². The lowest BCUT2D eigenvalue weighted by Gasteiger charge is -2.18. The smallest absolute Gasteiger partial charge is 0.254 e. The topological polar surface area (TPSA) is 75.2 Å². The summed E-state index contributed by atoms with van der Waals surface area (Å²) < 4.78 is 27.2. The first kappa shape index (κ1) is 13.1. The average Bonchev–Trinajstić information content (AvgIpc) is 2.18. The Balaban J connectivity index is 2.88. The summed E-state index contributed by atoms with van der Waals surface area (Å²) >= 11 is 5.55. The third-order valence-electron chi connectivity index (χ3n) is 1.91. The van der Waals surface area contributed by atoms with E-state index in [9.17, 15) is 8.42 Å². The summed E-state index contributed by atoms with van der Waals surface area (Å²) in [7, 11) is -3.56. The highest BCUT2D eigenvalue weighted by molar-refractivity contribution is 7.90. The van der Waals surface area contributed by atoms with E-state index >= 15 is 0 Å². The second-order valence-electron chi connectivity index (χ2n) is 2.90. The van der Waals surface area contributed by atoms with Gasteiger partial charge in [-0.15, -0.1) is 0 Å². The summed E-state index contributed by atoms with van der Waals surface area (Å²) in [5, 5.41) is -0.000234. The van der Waals surface area contributed by atoms with Gasteiger partial charge in [0.15, 0.2) is 0 Å². The van der Waals surface area contributed by atoms with Crippen LogP contribution in [0.15, 0.2) is 12.3 Å². The molecule has 1 aromatic rings. The molecular formula is C8H13ClN4O2S. The molecule has 0 aliphatic carbocycles. The van der Waals surface area contributed by atoms with Gasteiger partial charge in [-0.05, 0) is 17.7 Å². The van der Waals surface area contributed by atoms with Crippen LogP contribution in [0.1, 0.15) is 13.8 Å². The van der Waals surface area contributed by atoms with Crippen molar-refractivity contribution in [1.29, 1.82) is 0 Å². The van der Waals surface area contributed by atoms with Crippen molar-refractivity contribution in [2.24, 2.45) is 0 Å². The molecular weight excluding hydrogens is 252 g/mol. The fourth-order valence-corrected chi connectivity index (χ4v) is 2.49. The highest BCUT2D eigenvalue weighted by Gasteiger charge is 2.18. The van der Waals surface area contributed by atoms with E-state index in [1.807, 2.05) is 0 Å². The summed E-state index contributed by atoms with van der Waals surface area (Å²) in [6, 6.07) is 1.44. The second-order valence-corrected chi connectivity index (χ2v) is 4.91. The summed E-state index contributed by atoms with van der Waals surface area (Å²) in [5.74, 6) is 0.159. The number of anilines is 1. The van der Waals surface area contributed by atoms with Crippen LogP contribution in [0.4, 0.5) is 5.82 Å². The SMILES string of the molecule is CCN(CC)S(=O)(=O)Nc1ccnc(Cl)n1. The zero-order chi connectivity index (χ0) is 12.2. The van der Waals surface area contributed by atoms with E-state index in [1.54, 1.807) is 13.8 Å². The molecule has 0 saturated carbocycles. The molecule has 1 rings (SSSR count). The first-order chi connectivity index (χ1) is 7.49. The molecule has 0 fully saturated rings. The molecule has 6 nitrogen and oxygen atoms in total. The molecule has 0 aromatic carbocycles. The van der Waals surface area contributed by atoms with E-state index in [-0.39, 0.29) is 11.1 Å². The predicted molar refractivity (Wildman–Crippen MR) is 62.5 cm³/mol. The summed E-state index contributed by atoms with van der Waals surface area (Å²) in [6.45, 7) is 4.31. The Kier molecular flexibility index (Phi) is 4.45. The van der Waals surface area contributed by atoms with Crippen LogP contribution in [-0.4, -0.2) is 35.8 Å². The number of nitrogens with one attached hydrogen (secondary N) is 1. The zero-order valence-corrected chi connectivity index (χ0v) is 10.6. The third-order valence-corrected chi connectivity index (χ3v) is 3.75. The van der Waals surface area contributed by atoms with Crippen molar-refractivity contribution in [1.82, 2.24) is 14.3 Å². The normalized spacial score (nSPS) is 11.8. The number of hydrogen-bond donors (Lipinski definition) is 1. The quantitative estimate of drug-likeness (QED) is 0.809. The summed E-state index contributed by atoms with van der Waals surface area (Å²) in [6.07, 6.45) is 1.38. The van der Waals surface area contributed by atoms with Gasteiger partial charge >= 0.3 is 10.2 Å². The van der Waals surface area contributed by atoms with Crippen molar-refractivity contribution in [2.45, 2.75) is 13.8 Å². The van der Waals surface area contributed by atoms with Crippen LogP contribution >= 0.6 is 11.6 Å². The Morgan fingerprint density at radius 2 is 2.06 bits per heavy atom. The fourth-order valence-electron chi connectivity index (χ4n) is 1.15. The molecule has 0 unspecified atom stereocenters. The maximum Gasteiger partial charge on any atom is 0.302 e. The molecule has 0 amide bonds. The molecule has 90 valence electrons. The highest BCUT2D eigenvalue weighted by atomic mass is 35.5. The largest absolute Gasteiger partial charge is 0.302 e. The number of nitrogens with zero attached hydrogens (tertiary/aromatic N) is 3. The van der Waals surface area contributed by atoms with Crippen molar-refractivity contribution < 1.29 is 8.42 Å². The highest BCUT2D eigenvalue weighted by Crippen LogP contribution is 2.10.